The summed E-state index contributed by atoms with van der Waals surface area (Å²) < 4.78 is 27.0. The van der Waals surface area contributed by atoms with Crippen LogP contribution in [0, 0.1) is 13.8 Å². The molecule has 3 rings (SSSR count). The monoisotopic (exact) mass is 418 g/mol. The van der Waals surface area contributed by atoms with Gasteiger partial charge in [-0.2, -0.15) is 0 Å². The van der Waals surface area contributed by atoms with E-state index in [0.29, 0.717) is 22.8 Å². The topological polar surface area (TPSA) is 100.0 Å². The first-order valence-electron chi connectivity index (χ1n) is 8.56. The molecule has 148 valence electrons. The van der Waals surface area contributed by atoms with Crippen molar-refractivity contribution in [3.8, 4) is 0 Å². The van der Waals surface area contributed by atoms with E-state index in [0.717, 1.165) is 16.9 Å². The Morgan fingerprint density at radius 3 is 2.68 bits per heavy atom. The van der Waals surface area contributed by atoms with Gasteiger partial charge in [-0.05, 0) is 38.1 Å². The van der Waals surface area contributed by atoms with E-state index in [9.17, 15) is 13.2 Å². The molecule has 2 N–H and O–H groups in total. The van der Waals surface area contributed by atoms with Crippen LogP contribution in [0.3, 0.4) is 0 Å². The van der Waals surface area contributed by atoms with Gasteiger partial charge in [0.2, 0.25) is 10.0 Å². The molecule has 0 unspecified atom stereocenters. The van der Waals surface area contributed by atoms with Crippen LogP contribution in [0.4, 0.5) is 0 Å². The van der Waals surface area contributed by atoms with Crippen molar-refractivity contribution in [2.45, 2.75) is 30.4 Å². The molecule has 0 radical (unpaired) electrons. The summed E-state index contributed by atoms with van der Waals surface area (Å²) in [5.74, 6) is 0.253. The first-order chi connectivity index (χ1) is 13.1. The summed E-state index contributed by atoms with van der Waals surface area (Å²) >= 11 is 1.32. The molecule has 2 aromatic heterocycles. The fourth-order valence-electron chi connectivity index (χ4n) is 3.16. The van der Waals surface area contributed by atoms with Gasteiger partial charge in [0.05, 0.1) is 21.7 Å². The number of primary sulfonamides is 1. The van der Waals surface area contributed by atoms with Crippen molar-refractivity contribution in [2.24, 2.45) is 12.2 Å². The summed E-state index contributed by atoms with van der Waals surface area (Å²) in [4.78, 5) is 17.2. The molecule has 0 amide bonds. The minimum Gasteiger partial charge on any atom is -0.345 e. The molecule has 0 bridgehead atoms. The van der Waals surface area contributed by atoms with Gasteiger partial charge in [-0.15, -0.1) is 6.58 Å². The van der Waals surface area contributed by atoms with Crippen molar-refractivity contribution < 1.29 is 13.2 Å². The lowest BCUT2D eigenvalue weighted by Crippen LogP contribution is -2.11. The van der Waals surface area contributed by atoms with Crippen LogP contribution in [0.25, 0.3) is 11.0 Å². The first-order valence-corrected chi connectivity index (χ1v) is 11.1. The van der Waals surface area contributed by atoms with E-state index in [4.69, 9.17) is 5.14 Å². The van der Waals surface area contributed by atoms with Crippen molar-refractivity contribution >= 4 is 38.6 Å². The number of aromatic nitrogens is 3. The Morgan fingerprint density at radius 2 is 2.04 bits per heavy atom. The lowest BCUT2D eigenvalue weighted by Gasteiger charge is -2.06. The zero-order valence-electron chi connectivity index (χ0n) is 16.0. The van der Waals surface area contributed by atoms with Crippen molar-refractivity contribution in [2.75, 3.05) is 5.75 Å². The predicted octanol–water partition coefficient (Wildman–Crippen LogP) is 2.80. The second-order valence-corrected chi connectivity index (χ2v) is 9.05. The van der Waals surface area contributed by atoms with E-state index in [1.807, 2.05) is 31.5 Å². The van der Waals surface area contributed by atoms with E-state index in [-0.39, 0.29) is 16.4 Å². The number of hydrogen-bond acceptors (Lipinski definition) is 5. The normalized spacial score (nSPS) is 11.9. The highest BCUT2D eigenvalue weighted by molar-refractivity contribution is 7.99. The molecule has 0 aliphatic carbocycles. The van der Waals surface area contributed by atoms with Crippen LogP contribution in [0.1, 0.15) is 21.7 Å². The molecule has 0 aliphatic heterocycles. The van der Waals surface area contributed by atoms with Crippen molar-refractivity contribution in [3.05, 3.63) is 53.9 Å². The largest absolute Gasteiger partial charge is 0.345 e. The lowest BCUT2D eigenvalue weighted by molar-refractivity contribution is 0.102. The van der Waals surface area contributed by atoms with Gasteiger partial charge in [0.1, 0.15) is 0 Å². The number of sulfonamides is 1. The lowest BCUT2D eigenvalue weighted by atomic mass is 10.2. The number of rotatable bonds is 7. The summed E-state index contributed by atoms with van der Waals surface area (Å²) in [6.45, 7) is 8.31. The molecule has 28 heavy (non-hydrogen) atoms. The minimum atomic E-state index is -3.79. The number of ketones is 1. The predicted molar refractivity (Wildman–Crippen MR) is 111 cm³/mol. The summed E-state index contributed by atoms with van der Waals surface area (Å²) in [7, 11) is -1.96. The molecule has 0 saturated carbocycles. The van der Waals surface area contributed by atoms with Gasteiger partial charge in [0.15, 0.2) is 10.9 Å². The van der Waals surface area contributed by atoms with E-state index < -0.39 is 10.0 Å². The number of benzene rings is 1. The molecular weight excluding hydrogens is 396 g/mol. The number of carbonyl (C=O) groups is 1. The van der Waals surface area contributed by atoms with Crippen LogP contribution in [0.15, 0.2) is 47.0 Å². The Balaban J connectivity index is 1.84. The molecule has 0 atom stereocenters. The zero-order valence-corrected chi connectivity index (χ0v) is 17.6. The van der Waals surface area contributed by atoms with Gasteiger partial charge in [-0.3, -0.25) is 4.79 Å². The maximum absolute atomic E-state index is 12.7. The molecule has 2 heterocycles. The highest BCUT2D eigenvalue weighted by Gasteiger charge is 2.18. The van der Waals surface area contributed by atoms with E-state index in [2.05, 4.69) is 16.1 Å². The van der Waals surface area contributed by atoms with Crippen LogP contribution < -0.4 is 5.14 Å². The van der Waals surface area contributed by atoms with Gasteiger partial charge in [0, 0.05) is 30.5 Å². The SMILES string of the molecule is C=CCn1c(C)cc(C(=O)CSc2nc3cc(S(N)(=O)=O)ccc3n2C)c1C. The summed E-state index contributed by atoms with van der Waals surface area (Å²) in [6.07, 6.45) is 1.80. The number of thioether (sulfide) groups is 1. The smallest absolute Gasteiger partial charge is 0.238 e. The fourth-order valence-corrected chi connectivity index (χ4v) is 4.57. The standard InChI is InChI=1S/C19H22N4O3S2/c1-5-8-23-12(2)9-15(13(23)3)18(24)11-27-19-21-16-10-14(28(20,25)26)6-7-17(16)22(19)4/h5-7,9-10H,1,8,11H2,2-4H3,(H2,20,25,26). The van der Waals surface area contributed by atoms with Crippen LogP contribution >= 0.6 is 11.8 Å². The number of allylic oxidation sites excluding steroid dienone is 1. The zero-order chi connectivity index (χ0) is 20.6. The molecule has 0 aliphatic rings. The number of imidazole rings is 1. The third-order valence-corrected chi connectivity index (χ3v) is 6.60. The van der Waals surface area contributed by atoms with Crippen LogP contribution in [-0.2, 0) is 23.6 Å². The molecule has 0 spiro atoms. The Bertz CT molecular complexity index is 1190. The number of aryl methyl sites for hydroxylation is 2. The summed E-state index contributed by atoms with van der Waals surface area (Å²) in [5.41, 5.74) is 3.93. The summed E-state index contributed by atoms with van der Waals surface area (Å²) in [6, 6.07) is 6.46. The van der Waals surface area contributed by atoms with Crippen molar-refractivity contribution in [1.29, 1.82) is 0 Å². The third-order valence-electron chi connectivity index (χ3n) is 4.66. The maximum Gasteiger partial charge on any atom is 0.238 e. The van der Waals surface area contributed by atoms with Gasteiger partial charge < -0.3 is 9.13 Å². The fraction of sp³-hybridized carbons (Fsp3) is 0.263. The first kappa shape index (κ1) is 20.4. The molecule has 3 aromatic rings. The Labute approximate surface area is 168 Å². The van der Waals surface area contributed by atoms with Crippen LogP contribution in [0.2, 0.25) is 0 Å². The molecular formula is C19H22N4O3S2. The Morgan fingerprint density at radius 1 is 1.32 bits per heavy atom. The average Bonchev–Trinajstić information content (AvgIpc) is 3.10. The van der Waals surface area contributed by atoms with E-state index >= 15 is 0 Å². The molecule has 7 nitrogen and oxygen atoms in total. The van der Waals surface area contributed by atoms with Crippen molar-refractivity contribution in [3.63, 3.8) is 0 Å². The number of nitrogens with zero attached hydrogens (tertiary/aromatic N) is 3. The number of hydrogen-bond donors (Lipinski definition) is 1. The third kappa shape index (κ3) is 3.78. The quantitative estimate of drug-likeness (QED) is 0.361. The number of Topliss-reactive ketones (excluding diaryl/α,β-unsaturated/α-hetero) is 1. The molecule has 0 saturated heterocycles. The number of nitrogens with two attached hydrogens (primary N) is 1. The van der Waals surface area contributed by atoms with Gasteiger partial charge >= 0.3 is 0 Å². The number of fused-ring (bicyclic) bond motifs is 1. The van der Waals surface area contributed by atoms with Gasteiger partial charge in [-0.1, -0.05) is 17.8 Å². The second-order valence-electron chi connectivity index (χ2n) is 6.54. The van der Waals surface area contributed by atoms with E-state index in [1.165, 1.54) is 23.9 Å². The maximum atomic E-state index is 12.7. The van der Waals surface area contributed by atoms with Crippen molar-refractivity contribution in [1.82, 2.24) is 14.1 Å². The highest BCUT2D eigenvalue weighted by Crippen LogP contribution is 2.26. The average molecular weight is 419 g/mol. The molecule has 9 heteroatoms. The van der Waals surface area contributed by atoms with Gasteiger partial charge in [-0.25, -0.2) is 18.5 Å². The summed E-state index contributed by atoms with van der Waals surface area (Å²) in [5, 5.41) is 5.82. The Hall–Kier alpha value is -2.36. The van der Waals surface area contributed by atoms with E-state index in [1.54, 1.807) is 12.1 Å². The van der Waals surface area contributed by atoms with Crippen LogP contribution in [0.5, 0.6) is 0 Å². The minimum absolute atomic E-state index is 0.0142. The molecule has 1 aromatic carbocycles. The Kier molecular flexibility index (Phi) is 5.51. The molecule has 0 fully saturated rings. The number of carbonyl (C=O) groups excluding carboxylic acids is 1. The van der Waals surface area contributed by atoms with Crippen LogP contribution in [-0.4, -0.2) is 34.1 Å². The second kappa shape index (κ2) is 7.57. The highest BCUT2D eigenvalue weighted by atomic mass is 32.2. The van der Waals surface area contributed by atoms with Gasteiger partial charge in [0.25, 0.3) is 0 Å².